The summed E-state index contributed by atoms with van der Waals surface area (Å²) >= 11 is 9.53. The summed E-state index contributed by atoms with van der Waals surface area (Å²) in [6.45, 7) is 0. The maximum atomic E-state index is 11.2. The number of rotatable bonds is 2. The molecule has 1 aromatic carbocycles. The van der Waals surface area contributed by atoms with Gasteiger partial charge in [0.15, 0.2) is 0 Å². The standard InChI is InChI=1S/C8H5Cl2NO2S2/c9-3-5-1-6(4-11)8(7(14)2-5)15(10,12)13/h1-2,14H,3H2. The Hall–Kier alpha value is -0.410. The summed E-state index contributed by atoms with van der Waals surface area (Å²) in [6, 6.07) is 4.59. The lowest BCUT2D eigenvalue weighted by Gasteiger charge is -2.05. The van der Waals surface area contributed by atoms with Crippen molar-refractivity contribution in [1.82, 2.24) is 0 Å². The first-order valence-electron chi connectivity index (χ1n) is 3.66. The van der Waals surface area contributed by atoms with E-state index in [1.807, 2.05) is 0 Å². The third kappa shape index (κ3) is 2.79. The van der Waals surface area contributed by atoms with Crippen LogP contribution >= 0.6 is 34.9 Å². The molecule has 0 N–H and O–H groups in total. The molecular weight excluding hydrogens is 277 g/mol. The van der Waals surface area contributed by atoms with E-state index in [0.29, 0.717) is 5.56 Å². The SMILES string of the molecule is N#Cc1cc(CCl)cc(S)c1S(=O)(=O)Cl. The first kappa shape index (κ1) is 12.7. The van der Waals surface area contributed by atoms with Crippen LogP contribution in [0.15, 0.2) is 21.9 Å². The van der Waals surface area contributed by atoms with Crippen molar-refractivity contribution in [3.05, 3.63) is 23.3 Å². The van der Waals surface area contributed by atoms with Crippen LogP contribution in [-0.2, 0) is 14.9 Å². The molecule has 0 saturated heterocycles. The normalized spacial score (nSPS) is 11.1. The van der Waals surface area contributed by atoms with Gasteiger partial charge in [-0.3, -0.25) is 0 Å². The number of nitriles is 1. The first-order chi connectivity index (χ1) is 6.90. The number of halogens is 2. The molecule has 0 heterocycles. The Balaban J connectivity index is 3.61. The smallest absolute Gasteiger partial charge is 0.207 e. The topological polar surface area (TPSA) is 57.9 Å². The van der Waals surface area contributed by atoms with Gasteiger partial charge in [-0.15, -0.1) is 24.2 Å². The van der Waals surface area contributed by atoms with E-state index in [9.17, 15) is 8.42 Å². The van der Waals surface area contributed by atoms with Crippen molar-refractivity contribution in [1.29, 1.82) is 5.26 Å². The third-order valence-electron chi connectivity index (χ3n) is 1.65. The maximum absolute atomic E-state index is 11.2. The Bertz CT molecular complexity index is 534. The van der Waals surface area contributed by atoms with Crippen LogP contribution in [0.3, 0.4) is 0 Å². The lowest BCUT2D eigenvalue weighted by atomic mass is 10.1. The van der Waals surface area contributed by atoms with Crippen LogP contribution < -0.4 is 0 Å². The molecule has 0 spiro atoms. The van der Waals surface area contributed by atoms with Crippen molar-refractivity contribution in [2.75, 3.05) is 0 Å². The summed E-state index contributed by atoms with van der Waals surface area (Å²) in [4.78, 5) is -0.149. The number of alkyl halides is 1. The van der Waals surface area contributed by atoms with E-state index in [-0.39, 0.29) is 21.2 Å². The maximum Gasteiger partial charge on any atom is 0.263 e. The molecule has 1 rings (SSSR count). The molecule has 3 nitrogen and oxygen atoms in total. The van der Waals surface area contributed by atoms with Crippen LogP contribution in [0, 0.1) is 11.3 Å². The zero-order valence-corrected chi connectivity index (χ0v) is 10.5. The molecule has 0 aromatic heterocycles. The van der Waals surface area contributed by atoms with Gasteiger partial charge in [0.2, 0.25) is 0 Å². The fraction of sp³-hybridized carbons (Fsp3) is 0.125. The highest BCUT2D eigenvalue weighted by molar-refractivity contribution is 8.14. The molecule has 0 aliphatic rings. The van der Waals surface area contributed by atoms with Crippen molar-refractivity contribution < 1.29 is 8.42 Å². The number of nitrogens with zero attached hydrogens (tertiary/aromatic N) is 1. The van der Waals surface area contributed by atoms with Crippen molar-refractivity contribution in [2.45, 2.75) is 15.7 Å². The molecule has 0 amide bonds. The molecule has 7 heteroatoms. The molecule has 0 atom stereocenters. The Morgan fingerprint density at radius 2 is 2.07 bits per heavy atom. The Labute approximate surface area is 102 Å². The molecule has 1 aromatic rings. The zero-order chi connectivity index (χ0) is 11.6. The molecule has 0 unspecified atom stereocenters. The summed E-state index contributed by atoms with van der Waals surface area (Å²) in [5.41, 5.74) is 0.565. The van der Waals surface area contributed by atoms with Gasteiger partial charge in [-0.25, -0.2) is 8.42 Å². The summed E-state index contributed by atoms with van der Waals surface area (Å²) in [6.07, 6.45) is 0. The van der Waals surface area contributed by atoms with Crippen LogP contribution in [-0.4, -0.2) is 8.42 Å². The van der Waals surface area contributed by atoms with Crippen LogP contribution in [0.25, 0.3) is 0 Å². The molecule has 0 bridgehead atoms. The zero-order valence-electron chi connectivity index (χ0n) is 7.24. The van der Waals surface area contributed by atoms with Gasteiger partial charge in [0.25, 0.3) is 9.05 Å². The van der Waals surface area contributed by atoms with Gasteiger partial charge in [0, 0.05) is 21.5 Å². The lowest BCUT2D eigenvalue weighted by molar-refractivity contribution is 0.607. The summed E-state index contributed by atoms with van der Waals surface area (Å²) in [7, 11) is 1.21. The Morgan fingerprint density at radius 1 is 1.47 bits per heavy atom. The Morgan fingerprint density at radius 3 is 2.47 bits per heavy atom. The monoisotopic (exact) mass is 281 g/mol. The highest BCUT2D eigenvalue weighted by atomic mass is 35.7. The molecule has 0 radical (unpaired) electrons. The second-order valence-electron chi connectivity index (χ2n) is 2.67. The number of hydrogen-bond donors (Lipinski definition) is 1. The fourth-order valence-corrected chi connectivity index (χ4v) is 3.23. The van der Waals surface area contributed by atoms with Gasteiger partial charge >= 0.3 is 0 Å². The minimum absolute atomic E-state index is 0.0480. The third-order valence-corrected chi connectivity index (χ3v) is 3.85. The highest BCUT2D eigenvalue weighted by Gasteiger charge is 2.20. The van der Waals surface area contributed by atoms with Crippen LogP contribution in [0.5, 0.6) is 0 Å². The summed E-state index contributed by atoms with van der Waals surface area (Å²) < 4.78 is 22.3. The Kier molecular flexibility index (Phi) is 3.90. The van der Waals surface area contributed by atoms with Crippen LogP contribution in [0.1, 0.15) is 11.1 Å². The molecular formula is C8H5Cl2NO2S2. The van der Waals surface area contributed by atoms with Crippen molar-refractivity contribution in [3.63, 3.8) is 0 Å². The average Bonchev–Trinajstić information content (AvgIpc) is 2.14. The molecule has 0 aliphatic carbocycles. The van der Waals surface area contributed by atoms with E-state index in [0.717, 1.165) is 0 Å². The van der Waals surface area contributed by atoms with Gasteiger partial charge in [0.1, 0.15) is 11.0 Å². The van der Waals surface area contributed by atoms with Gasteiger partial charge in [-0.05, 0) is 17.7 Å². The fourth-order valence-electron chi connectivity index (χ4n) is 1.09. The number of benzene rings is 1. The number of hydrogen-bond acceptors (Lipinski definition) is 4. The largest absolute Gasteiger partial charge is 0.263 e. The van der Waals surface area contributed by atoms with Crippen LogP contribution in [0.4, 0.5) is 0 Å². The second kappa shape index (κ2) is 4.62. The van der Waals surface area contributed by atoms with Gasteiger partial charge in [0.05, 0.1) is 5.56 Å². The van der Waals surface area contributed by atoms with E-state index in [1.165, 1.54) is 12.1 Å². The average molecular weight is 282 g/mol. The summed E-state index contributed by atoms with van der Waals surface area (Å²) in [5.74, 6) is 0.171. The molecule has 80 valence electrons. The minimum Gasteiger partial charge on any atom is -0.207 e. The second-order valence-corrected chi connectivity index (χ2v) is 5.93. The van der Waals surface area contributed by atoms with Gasteiger partial charge < -0.3 is 0 Å². The van der Waals surface area contributed by atoms with Gasteiger partial charge in [-0.1, -0.05) is 0 Å². The highest BCUT2D eigenvalue weighted by Crippen LogP contribution is 2.28. The van der Waals surface area contributed by atoms with E-state index in [4.69, 9.17) is 27.5 Å². The first-order valence-corrected chi connectivity index (χ1v) is 6.96. The van der Waals surface area contributed by atoms with E-state index in [2.05, 4.69) is 12.6 Å². The van der Waals surface area contributed by atoms with E-state index in [1.54, 1.807) is 6.07 Å². The van der Waals surface area contributed by atoms with Crippen molar-refractivity contribution >= 4 is 44.0 Å². The molecule has 0 aliphatic heterocycles. The van der Waals surface area contributed by atoms with E-state index >= 15 is 0 Å². The molecule has 15 heavy (non-hydrogen) atoms. The predicted molar refractivity (Wildman–Crippen MR) is 61.0 cm³/mol. The van der Waals surface area contributed by atoms with Crippen molar-refractivity contribution in [3.8, 4) is 6.07 Å². The lowest BCUT2D eigenvalue weighted by Crippen LogP contribution is -1.98. The predicted octanol–water partition coefficient (Wildman–Crippen LogP) is 2.51. The number of thiol groups is 1. The van der Waals surface area contributed by atoms with E-state index < -0.39 is 9.05 Å². The minimum atomic E-state index is -3.97. The summed E-state index contributed by atoms with van der Waals surface area (Å²) in [5, 5.41) is 8.78. The molecule has 0 saturated carbocycles. The molecule has 0 fully saturated rings. The van der Waals surface area contributed by atoms with Crippen LogP contribution in [0.2, 0.25) is 0 Å². The van der Waals surface area contributed by atoms with Crippen molar-refractivity contribution in [2.24, 2.45) is 0 Å². The quantitative estimate of drug-likeness (QED) is 0.515. The van der Waals surface area contributed by atoms with Gasteiger partial charge in [-0.2, -0.15) is 5.26 Å².